The van der Waals surface area contributed by atoms with Gasteiger partial charge in [0.05, 0.1) is 12.5 Å². The van der Waals surface area contributed by atoms with Crippen LogP contribution in [0, 0.1) is 0 Å². The Kier molecular flexibility index (Phi) is 7.12. The van der Waals surface area contributed by atoms with Gasteiger partial charge in [-0.2, -0.15) is 0 Å². The summed E-state index contributed by atoms with van der Waals surface area (Å²) in [4.78, 5) is 14.6. The second-order valence-electron chi connectivity index (χ2n) is 8.97. The topological polar surface area (TPSA) is 48.0 Å². The van der Waals surface area contributed by atoms with Gasteiger partial charge in [-0.1, -0.05) is 38.0 Å². The highest BCUT2D eigenvalue weighted by atomic mass is 16.5. The van der Waals surface area contributed by atoms with E-state index < -0.39 is 0 Å². The highest BCUT2D eigenvalue weighted by Crippen LogP contribution is 2.56. The number of nitrogens with zero attached hydrogens (tertiary/aromatic N) is 1. The van der Waals surface area contributed by atoms with Crippen molar-refractivity contribution in [1.29, 1.82) is 0 Å². The lowest BCUT2D eigenvalue weighted by Crippen LogP contribution is -2.42. The van der Waals surface area contributed by atoms with Gasteiger partial charge in [0.25, 0.3) is 0 Å². The van der Waals surface area contributed by atoms with Crippen molar-refractivity contribution >= 4 is 5.97 Å². The fourth-order valence-corrected chi connectivity index (χ4v) is 5.03. The molecule has 2 heterocycles. The van der Waals surface area contributed by atoms with Gasteiger partial charge in [-0.3, -0.25) is 4.79 Å². The zero-order chi connectivity index (χ0) is 21.9. The van der Waals surface area contributed by atoms with E-state index >= 15 is 0 Å². The van der Waals surface area contributed by atoms with E-state index in [1.165, 1.54) is 11.1 Å². The third kappa shape index (κ3) is 4.22. The Balaban J connectivity index is 1.88. The van der Waals surface area contributed by atoms with Crippen LogP contribution in [0.15, 0.2) is 24.3 Å². The maximum atomic E-state index is 12.2. The van der Waals surface area contributed by atoms with Crippen LogP contribution in [0.4, 0.5) is 0 Å². The number of methoxy groups -OCH3 is 1. The van der Waals surface area contributed by atoms with Gasteiger partial charge in [0.15, 0.2) is 11.5 Å². The van der Waals surface area contributed by atoms with Gasteiger partial charge in [0.2, 0.25) is 0 Å². The van der Waals surface area contributed by atoms with E-state index in [2.05, 4.69) is 38.4 Å². The monoisotopic (exact) mass is 415 g/mol. The molecule has 0 saturated carbocycles. The Morgan fingerprint density at radius 2 is 2.17 bits per heavy atom. The first kappa shape index (κ1) is 22.7. The number of unbranched alkanes of at least 4 members (excludes halogenated alkanes) is 2. The van der Waals surface area contributed by atoms with E-state index in [4.69, 9.17) is 14.2 Å². The zero-order valence-electron chi connectivity index (χ0n) is 19.3. The van der Waals surface area contributed by atoms with Crippen LogP contribution >= 0.6 is 0 Å². The van der Waals surface area contributed by atoms with Crippen molar-refractivity contribution in [1.82, 2.24) is 4.90 Å². The number of hydrogen-bond donors (Lipinski definition) is 0. The van der Waals surface area contributed by atoms with Gasteiger partial charge < -0.3 is 19.1 Å². The fraction of sp³-hybridized carbons (Fsp3) is 0.640. The summed E-state index contributed by atoms with van der Waals surface area (Å²) in [5, 5.41) is 0. The Bertz CT molecular complexity index is 790. The predicted octanol–water partition coefficient (Wildman–Crippen LogP) is 5.01. The zero-order valence-corrected chi connectivity index (χ0v) is 19.3. The van der Waals surface area contributed by atoms with Crippen LogP contribution < -0.4 is 9.47 Å². The molecule has 2 aliphatic rings. The summed E-state index contributed by atoms with van der Waals surface area (Å²) < 4.78 is 17.9. The number of ether oxygens (including phenoxy) is 3. The summed E-state index contributed by atoms with van der Waals surface area (Å²) >= 11 is 0. The molecule has 30 heavy (non-hydrogen) atoms. The number of carbonyl (C=O) groups is 1. The van der Waals surface area contributed by atoms with Gasteiger partial charge in [0.1, 0.15) is 12.2 Å². The molecule has 0 saturated heterocycles. The van der Waals surface area contributed by atoms with Crippen LogP contribution in [-0.2, 0) is 21.5 Å². The van der Waals surface area contributed by atoms with Crippen molar-refractivity contribution in [2.75, 3.05) is 20.7 Å². The Morgan fingerprint density at radius 3 is 2.83 bits per heavy atom. The van der Waals surface area contributed by atoms with Gasteiger partial charge >= 0.3 is 5.97 Å². The Morgan fingerprint density at radius 1 is 1.40 bits per heavy atom. The number of benzene rings is 1. The molecule has 0 N–H and O–H groups in total. The molecule has 166 valence electrons. The smallest absolute Gasteiger partial charge is 0.306 e. The summed E-state index contributed by atoms with van der Waals surface area (Å²) in [6, 6.07) is 4.15. The van der Waals surface area contributed by atoms with Crippen molar-refractivity contribution in [3.63, 3.8) is 0 Å². The molecule has 0 spiro atoms. The van der Waals surface area contributed by atoms with Gasteiger partial charge in [-0.05, 0) is 51.9 Å². The van der Waals surface area contributed by atoms with E-state index in [0.29, 0.717) is 12.8 Å². The Hall–Kier alpha value is -2.01. The second-order valence-corrected chi connectivity index (χ2v) is 8.97. The summed E-state index contributed by atoms with van der Waals surface area (Å²) in [5.41, 5.74) is 3.27. The summed E-state index contributed by atoms with van der Waals surface area (Å²) in [7, 11) is 3.83. The number of hydrogen-bond acceptors (Lipinski definition) is 5. The minimum Gasteiger partial charge on any atom is -0.493 e. The summed E-state index contributed by atoms with van der Waals surface area (Å²) in [5.74, 6) is 1.48. The van der Waals surface area contributed by atoms with E-state index in [-0.39, 0.29) is 23.6 Å². The quantitative estimate of drug-likeness (QED) is 0.322. The molecule has 0 radical (unpaired) electrons. The van der Waals surface area contributed by atoms with Crippen LogP contribution in [0.2, 0.25) is 0 Å². The molecule has 1 aromatic carbocycles. The first-order valence-electron chi connectivity index (χ1n) is 11.2. The Labute approximate surface area is 181 Å². The van der Waals surface area contributed by atoms with Crippen LogP contribution in [0.25, 0.3) is 0 Å². The molecule has 0 bridgehead atoms. The molecule has 5 heteroatoms. The molecule has 0 aliphatic carbocycles. The lowest BCUT2D eigenvalue weighted by atomic mass is 9.67. The molecule has 0 unspecified atom stereocenters. The SMILES string of the molecule is C=C(C)[C@@]12CCN(C)Cc3ccc(OC)c(c31)O[C@H]2C[C@H](C)OC(=O)CCCCC. The number of esters is 1. The standard InChI is InChI=1S/C25H37NO4/c1-7-8-9-10-22(27)29-18(4)15-21-25(17(2)3)13-14-26(5)16-19-11-12-20(28-6)24(30-21)23(19)25/h11-12,18,21H,2,7-10,13-16H2,1,3-6H3/t18-,21-,25+/m0/s1. The van der Waals surface area contributed by atoms with Gasteiger partial charge in [-0.15, -0.1) is 0 Å². The molecule has 0 fully saturated rings. The molecule has 5 nitrogen and oxygen atoms in total. The minimum absolute atomic E-state index is 0.116. The molecule has 3 atom stereocenters. The van der Waals surface area contributed by atoms with Gasteiger partial charge in [-0.25, -0.2) is 0 Å². The largest absolute Gasteiger partial charge is 0.493 e. The normalized spacial score (nSPS) is 23.8. The molecular formula is C25H37NO4. The summed E-state index contributed by atoms with van der Waals surface area (Å²) in [6.45, 7) is 12.4. The fourth-order valence-electron chi connectivity index (χ4n) is 5.03. The second kappa shape index (κ2) is 9.42. The predicted molar refractivity (Wildman–Crippen MR) is 119 cm³/mol. The molecule has 2 aliphatic heterocycles. The van der Waals surface area contributed by atoms with Crippen molar-refractivity contribution in [2.45, 2.75) is 83.5 Å². The van der Waals surface area contributed by atoms with Crippen molar-refractivity contribution in [3.05, 3.63) is 35.4 Å². The molecule has 0 aromatic heterocycles. The van der Waals surface area contributed by atoms with E-state index in [9.17, 15) is 4.79 Å². The number of rotatable bonds is 9. The molecule has 1 aromatic rings. The third-order valence-electron chi connectivity index (χ3n) is 6.64. The van der Waals surface area contributed by atoms with Crippen LogP contribution in [0.5, 0.6) is 11.5 Å². The first-order valence-corrected chi connectivity index (χ1v) is 11.2. The lowest BCUT2D eigenvalue weighted by molar-refractivity contribution is -0.149. The average Bonchev–Trinajstić information content (AvgIpc) is 2.92. The molecular weight excluding hydrogens is 378 g/mol. The highest BCUT2D eigenvalue weighted by Gasteiger charge is 2.53. The van der Waals surface area contributed by atoms with E-state index in [0.717, 1.165) is 55.8 Å². The average molecular weight is 416 g/mol. The third-order valence-corrected chi connectivity index (χ3v) is 6.64. The van der Waals surface area contributed by atoms with E-state index in [1.807, 2.05) is 13.0 Å². The lowest BCUT2D eigenvalue weighted by Gasteiger charge is -2.36. The van der Waals surface area contributed by atoms with Crippen molar-refractivity contribution < 1.29 is 19.0 Å². The van der Waals surface area contributed by atoms with Crippen molar-refractivity contribution in [2.24, 2.45) is 0 Å². The first-order chi connectivity index (χ1) is 14.3. The van der Waals surface area contributed by atoms with Crippen molar-refractivity contribution in [3.8, 4) is 11.5 Å². The summed E-state index contributed by atoms with van der Waals surface area (Å²) in [6.07, 6.45) is 4.72. The minimum atomic E-state index is -0.299. The maximum absolute atomic E-state index is 12.2. The number of carbonyl (C=O) groups excluding carboxylic acids is 1. The van der Waals surface area contributed by atoms with Gasteiger partial charge in [0, 0.05) is 24.9 Å². The molecule has 3 rings (SSSR count). The maximum Gasteiger partial charge on any atom is 0.306 e. The van der Waals surface area contributed by atoms with E-state index in [1.54, 1.807) is 7.11 Å². The highest BCUT2D eigenvalue weighted by molar-refractivity contribution is 5.69. The van der Waals surface area contributed by atoms with Crippen LogP contribution in [0.1, 0.15) is 70.4 Å². The van der Waals surface area contributed by atoms with Crippen LogP contribution in [-0.4, -0.2) is 43.8 Å². The molecule has 0 amide bonds. The van der Waals surface area contributed by atoms with Crippen LogP contribution in [0.3, 0.4) is 0 Å².